The summed E-state index contributed by atoms with van der Waals surface area (Å²) in [6.45, 7) is 10.9. The van der Waals surface area contributed by atoms with Crippen molar-refractivity contribution < 1.29 is 0 Å². The molecule has 0 saturated heterocycles. The van der Waals surface area contributed by atoms with Crippen molar-refractivity contribution >= 4 is 28.8 Å². The Morgan fingerprint density at radius 3 is 1.31 bits per heavy atom. The molecule has 2 heteroatoms. The van der Waals surface area contributed by atoms with Gasteiger partial charge in [-0.1, -0.05) is 126 Å². The van der Waals surface area contributed by atoms with Crippen LogP contribution in [-0.4, -0.2) is 0 Å². The highest BCUT2D eigenvalue weighted by Crippen LogP contribution is 2.45. The normalized spacial score (nSPS) is 10.7. The van der Waals surface area contributed by atoms with Gasteiger partial charge in [0.1, 0.15) is 0 Å². The average Bonchev–Trinajstić information content (AvgIpc) is 2.87. The zero-order chi connectivity index (χ0) is 25.7. The molecule has 0 saturated carbocycles. The lowest BCUT2D eigenvalue weighted by atomic mass is 9.74. The first-order valence-electron chi connectivity index (χ1n) is 12.1. The Labute approximate surface area is 225 Å². The van der Waals surface area contributed by atoms with Gasteiger partial charge in [0.05, 0.1) is 0 Å². The van der Waals surface area contributed by atoms with Crippen LogP contribution in [0.25, 0.3) is 5.57 Å². The molecule has 0 amide bonds. The number of halogens is 2. The van der Waals surface area contributed by atoms with Gasteiger partial charge in [-0.05, 0) is 84.0 Å². The van der Waals surface area contributed by atoms with Crippen LogP contribution in [0, 0.1) is 0 Å². The van der Waals surface area contributed by atoms with Gasteiger partial charge >= 0.3 is 0 Å². The molecule has 0 atom stereocenters. The van der Waals surface area contributed by atoms with Crippen LogP contribution in [0.4, 0.5) is 0 Å². The van der Waals surface area contributed by atoms with Crippen molar-refractivity contribution in [2.45, 2.75) is 26.7 Å². The summed E-state index contributed by atoms with van der Waals surface area (Å²) >= 11 is 12.7. The Hall–Kier alpha value is -3.32. The van der Waals surface area contributed by atoms with Crippen molar-refractivity contribution in [3.05, 3.63) is 170 Å². The molecule has 0 aliphatic heterocycles. The van der Waals surface area contributed by atoms with E-state index in [-0.39, 0.29) is 5.92 Å². The summed E-state index contributed by atoms with van der Waals surface area (Å²) < 4.78 is 0. The molecule has 0 heterocycles. The van der Waals surface area contributed by atoms with E-state index in [0.29, 0.717) is 10.0 Å². The van der Waals surface area contributed by atoms with Crippen LogP contribution in [-0.2, 0) is 0 Å². The molecule has 0 aliphatic rings. The second kappa shape index (κ2) is 11.6. The predicted molar refractivity (Wildman–Crippen MR) is 157 cm³/mol. The summed E-state index contributed by atoms with van der Waals surface area (Å²) in [6, 6.07) is 37.6. The summed E-state index contributed by atoms with van der Waals surface area (Å²) in [7, 11) is 0. The predicted octanol–water partition coefficient (Wildman–Crippen LogP) is 10.5. The number of rotatable bonds is 7. The SMILES string of the molecule is C=C(C)C(=C(C)C)C(=C(c1ccccc1)c1ccccc1)C(c1ccc(Cl)cc1)c1ccc(Cl)cc1. The van der Waals surface area contributed by atoms with E-state index in [2.05, 4.69) is 112 Å². The van der Waals surface area contributed by atoms with Gasteiger partial charge in [0, 0.05) is 16.0 Å². The van der Waals surface area contributed by atoms with Crippen LogP contribution >= 0.6 is 23.2 Å². The molecular weight excluding hydrogens is 479 g/mol. The van der Waals surface area contributed by atoms with Gasteiger partial charge in [-0.25, -0.2) is 0 Å². The Kier molecular flexibility index (Phi) is 8.31. The van der Waals surface area contributed by atoms with Gasteiger partial charge in [-0.2, -0.15) is 0 Å². The molecule has 180 valence electrons. The first-order chi connectivity index (χ1) is 17.4. The van der Waals surface area contributed by atoms with E-state index < -0.39 is 0 Å². The number of allylic oxidation sites excluding steroid dienone is 4. The van der Waals surface area contributed by atoms with E-state index >= 15 is 0 Å². The minimum absolute atomic E-state index is 0.0726. The van der Waals surface area contributed by atoms with Crippen molar-refractivity contribution in [3.8, 4) is 0 Å². The molecule has 4 aromatic rings. The maximum atomic E-state index is 6.33. The van der Waals surface area contributed by atoms with E-state index in [9.17, 15) is 0 Å². The van der Waals surface area contributed by atoms with Crippen LogP contribution in [0.5, 0.6) is 0 Å². The summed E-state index contributed by atoms with van der Waals surface area (Å²) in [5.41, 5.74) is 10.4. The summed E-state index contributed by atoms with van der Waals surface area (Å²) in [5.74, 6) is -0.0726. The van der Waals surface area contributed by atoms with Gasteiger partial charge in [0.15, 0.2) is 0 Å². The molecule has 4 rings (SSSR count). The maximum Gasteiger partial charge on any atom is 0.0406 e. The van der Waals surface area contributed by atoms with Crippen LogP contribution in [0.1, 0.15) is 48.9 Å². The van der Waals surface area contributed by atoms with Crippen molar-refractivity contribution in [1.82, 2.24) is 0 Å². The third-order valence-electron chi connectivity index (χ3n) is 6.29. The zero-order valence-corrected chi connectivity index (χ0v) is 22.4. The van der Waals surface area contributed by atoms with Crippen LogP contribution in [0.3, 0.4) is 0 Å². The van der Waals surface area contributed by atoms with Gasteiger partial charge in [0.25, 0.3) is 0 Å². The van der Waals surface area contributed by atoms with Gasteiger partial charge in [-0.15, -0.1) is 0 Å². The minimum Gasteiger partial charge on any atom is -0.0955 e. The van der Waals surface area contributed by atoms with Crippen molar-refractivity contribution in [3.63, 3.8) is 0 Å². The molecule has 0 aliphatic carbocycles. The lowest BCUT2D eigenvalue weighted by Crippen LogP contribution is -2.12. The van der Waals surface area contributed by atoms with Crippen molar-refractivity contribution in [2.75, 3.05) is 0 Å². The fourth-order valence-corrected chi connectivity index (χ4v) is 5.12. The fourth-order valence-electron chi connectivity index (χ4n) is 4.86. The quantitative estimate of drug-likeness (QED) is 0.217. The summed E-state index contributed by atoms with van der Waals surface area (Å²) in [6.07, 6.45) is 0. The van der Waals surface area contributed by atoms with Crippen LogP contribution in [0.15, 0.2) is 138 Å². The molecule has 0 fully saturated rings. The Balaban J connectivity index is 2.20. The summed E-state index contributed by atoms with van der Waals surface area (Å²) in [5, 5.41) is 1.43. The highest BCUT2D eigenvalue weighted by molar-refractivity contribution is 6.30. The van der Waals surface area contributed by atoms with E-state index in [1.165, 1.54) is 22.3 Å². The monoisotopic (exact) mass is 508 g/mol. The van der Waals surface area contributed by atoms with Crippen molar-refractivity contribution in [2.24, 2.45) is 0 Å². The molecular formula is C34H30Cl2. The number of hydrogen-bond donors (Lipinski definition) is 0. The maximum absolute atomic E-state index is 6.33. The third kappa shape index (κ3) is 5.73. The lowest BCUT2D eigenvalue weighted by Gasteiger charge is -2.29. The average molecular weight is 510 g/mol. The van der Waals surface area contributed by atoms with E-state index in [4.69, 9.17) is 23.2 Å². The lowest BCUT2D eigenvalue weighted by molar-refractivity contribution is 0.951. The van der Waals surface area contributed by atoms with E-state index in [1.54, 1.807) is 0 Å². The van der Waals surface area contributed by atoms with E-state index in [0.717, 1.165) is 27.8 Å². The summed E-state index contributed by atoms with van der Waals surface area (Å²) in [4.78, 5) is 0. The fraction of sp³-hybridized carbons (Fsp3) is 0.118. The smallest absolute Gasteiger partial charge is 0.0406 e. The molecule has 0 nitrogen and oxygen atoms in total. The number of hydrogen-bond acceptors (Lipinski definition) is 0. The Bertz CT molecular complexity index is 1300. The topological polar surface area (TPSA) is 0 Å². The molecule has 0 bridgehead atoms. The zero-order valence-electron chi connectivity index (χ0n) is 20.9. The molecule has 4 aromatic carbocycles. The molecule has 0 radical (unpaired) electrons. The largest absolute Gasteiger partial charge is 0.0955 e. The van der Waals surface area contributed by atoms with Gasteiger partial charge < -0.3 is 0 Å². The minimum atomic E-state index is -0.0726. The first-order valence-corrected chi connectivity index (χ1v) is 12.8. The van der Waals surface area contributed by atoms with Crippen molar-refractivity contribution in [1.29, 1.82) is 0 Å². The molecule has 0 N–H and O–H groups in total. The number of benzene rings is 4. The third-order valence-corrected chi connectivity index (χ3v) is 6.79. The van der Waals surface area contributed by atoms with Gasteiger partial charge in [0.2, 0.25) is 0 Å². The molecule has 36 heavy (non-hydrogen) atoms. The highest BCUT2D eigenvalue weighted by Gasteiger charge is 2.28. The molecule has 0 unspecified atom stereocenters. The second-order valence-corrected chi connectivity index (χ2v) is 10.1. The Morgan fingerprint density at radius 1 is 0.583 bits per heavy atom. The highest BCUT2D eigenvalue weighted by atomic mass is 35.5. The van der Waals surface area contributed by atoms with E-state index in [1.807, 2.05) is 24.3 Å². The van der Waals surface area contributed by atoms with Gasteiger partial charge in [-0.3, -0.25) is 0 Å². The Morgan fingerprint density at radius 2 is 0.972 bits per heavy atom. The van der Waals surface area contributed by atoms with Crippen LogP contribution < -0.4 is 0 Å². The first kappa shape index (κ1) is 25.8. The molecule has 0 spiro atoms. The second-order valence-electron chi connectivity index (χ2n) is 9.21. The van der Waals surface area contributed by atoms with Crippen LogP contribution in [0.2, 0.25) is 10.0 Å². The standard InChI is InChI=1S/C34H30Cl2/c1-23(2)31(24(3)4)34(32(25-11-7-5-8-12-25)26-13-9-6-10-14-26)33(27-15-19-29(35)20-16-27)28-17-21-30(36)22-18-28/h5-22,33H,1H2,2-4H3. The molecule has 0 aromatic heterocycles.